The molecule has 10 heavy (non-hydrogen) atoms. The summed E-state index contributed by atoms with van der Waals surface area (Å²) in [6.07, 6.45) is -0.0672. The molecule has 0 heterocycles. The van der Waals surface area contributed by atoms with E-state index in [4.69, 9.17) is 15.8 Å². The predicted octanol–water partition coefficient (Wildman–Crippen LogP) is 3.51. The Labute approximate surface area is 70.7 Å². The first-order valence-electron chi connectivity index (χ1n) is 3.10. The molecule has 2 nitrogen and oxygen atoms in total. The minimum Gasteiger partial charge on any atom is -0.307 e. The lowest BCUT2D eigenvalue weighted by Gasteiger charge is -2.11. The fraction of sp³-hybridized carbons (Fsp3) is 1.00. The molecule has 0 aromatic heterocycles. The first kappa shape index (κ1) is 10.8. The van der Waals surface area contributed by atoms with Crippen LogP contribution in [0, 0.1) is 0 Å². The van der Waals surface area contributed by atoms with E-state index in [1.165, 1.54) is 0 Å². The van der Waals surface area contributed by atoms with Crippen molar-refractivity contribution in [3.05, 3.63) is 0 Å². The van der Waals surface area contributed by atoms with E-state index in [1.54, 1.807) is 0 Å². The summed E-state index contributed by atoms with van der Waals surface area (Å²) in [6.45, 7) is 5.51. The Kier molecular flexibility index (Phi) is 5.04. The highest BCUT2D eigenvalue weighted by molar-refractivity contribution is 8.63. The van der Waals surface area contributed by atoms with Gasteiger partial charge in [-0.3, -0.25) is 4.57 Å². The van der Waals surface area contributed by atoms with Crippen LogP contribution in [0.1, 0.15) is 20.8 Å². The average molecular weight is 203 g/mol. The molecule has 0 aromatic rings. The first-order chi connectivity index (χ1) is 4.48. The number of halogens is 1. The Balaban J connectivity index is 3.75. The van der Waals surface area contributed by atoms with Crippen molar-refractivity contribution >= 4 is 28.5 Å². The van der Waals surface area contributed by atoms with Crippen LogP contribution in [0.2, 0.25) is 0 Å². The van der Waals surface area contributed by atoms with Gasteiger partial charge in [-0.2, -0.15) is 0 Å². The molecular weight excluding hydrogens is 191 g/mol. The van der Waals surface area contributed by atoms with Gasteiger partial charge in [-0.05, 0) is 25.1 Å². The van der Waals surface area contributed by atoms with Gasteiger partial charge in [0.15, 0.2) is 0 Å². The van der Waals surface area contributed by atoms with Crippen molar-refractivity contribution in [2.45, 2.75) is 26.9 Å². The second-order valence-corrected chi connectivity index (χ2v) is 8.06. The third-order valence-corrected chi connectivity index (χ3v) is 4.94. The average Bonchev–Trinajstić information content (AvgIpc) is 1.59. The van der Waals surface area contributed by atoms with Crippen molar-refractivity contribution in [2.75, 3.05) is 5.75 Å². The summed E-state index contributed by atoms with van der Waals surface area (Å²) in [6, 6.07) is 0. The van der Waals surface area contributed by atoms with E-state index in [2.05, 4.69) is 0 Å². The molecule has 0 fully saturated rings. The number of rotatable bonds is 4. The fourth-order valence-electron chi connectivity index (χ4n) is 0.436. The van der Waals surface area contributed by atoms with Gasteiger partial charge in [-0.1, -0.05) is 18.3 Å². The number of hydrogen-bond acceptors (Lipinski definition) is 3. The minimum absolute atomic E-state index is 0.0672. The van der Waals surface area contributed by atoms with Crippen LogP contribution in [-0.4, -0.2) is 11.9 Å². The quantitative estimate of drug-likeness (QED) is 0.653. The van der Waals surface area contributed by atoms with Crippen LogP contribution in [0.3, 0.4) is 0 Å². The third-order valence-electron chi connectivity index (χ3n) is 0.620. The van der Waals surface area contributed by atoms with Crippen LogP contribution in [0.15, 0.2) is 0 Å². The molecule has 0 saturated heterocycles. The molecule has 0 saturated carbocycles. The lowest BCUT2D eigenvalue weighted by atomic mass is 10.5. The van der Waals surface area contributed by atoms with Gasteiger partial charge < -0.3 is 4.52 Å². The van der Waals surface area contributed by atoms with Gasteiger partial charge in [0.25, 0.3) is 0 Å². The molecule has 1 unspecified atom stereocenters. The van der Waals surface area contributed by atoms with E-state index in [-0.39, 0.29) is 6.10 Å². The maximum Gasteiger partial charge on any atom is 0.346 e. The standard InChI is InChI=1S/C5H12ClO2PS/c1-4-10-9(6,7)8-5(2)3/h5H,4H2,1-3H3. The fourth-order valence-corrected chi connectivity index (χ4v) is 4.29. The van der Waals surface area contributed by atoms with E-state index in [9.17, 15) is 4.57 Å². The topological polar surface area (TPSA) is 26.3 Å². The first-order valence-corrected chi connectivity index (χ1v) is 7.22. The SMILES string of the molecule is CCSP(=O)(Cl)OC(C)C. The number of hydrogen-bond donors (Lipinski definition) is 0. The summed E-state index contributed by atoms with van der Waals surface area (Å²) in [7, 11) is 0. The molecule has 0 spiro atoms. The van der Waals surface area contributed by atoms with E-state index >= 15 is 0 Å². The van der Waals surface area contributed by atoms with Crippen LogP contribution in [-0.2, 0) is 9.09 Å². The van der Waals surface area contributed by atoms with E-state index in [1.807, 2.05) is 20.8 Å². The van der Waals surface area contributed by atoms with Crippen molar-refractivity contribution in [1.29, 1.82) is 0 Å². The normalized spacial score (nSPS) is 17.3. The second kappa shape index (κ2) is 4.66. The maximum absolute atomic E-state index is 11.1. The van der Waals surface area contributed by atoms with Gasteiger partial charge in [-0.25, -0.2) is 0 Å². The highest BCUT2D eigenvalue weighted by Crippen LogP contribution is 2.64. The summed E-state index contributed by atoms with van der Waals surface area (Å²) in [5, 5.41) is 0. The zero-order chi connectivity index (χ0) is 8.20. The van der Waals surface area contributed by atoms with Crippen LogP contribution in [0.25, 0.3) is 0 Å². The summed E-state index contributed by atoms with van der Waals surface area (Å²) in [5.74, 6) is -2.14. The van der Waals surface area contributed by atoms with Gasteiger partial charge in [-0.15, -0.1) is 0 Å². The molecule has 0 bridgehead atoms. The van der Waals surface area contributed by atoms with Crippen molar-refractivity contribution in [1.82, 2.24) is 0 Å². The zero-order valence-electron chi connectivity index (χ0n) is 6.33. The molecule has 0 rings (SSSR count). The monoisotopic (exact) mass is 202 g/mol. The predicted molar refractivity (Wildman–Crippen MR) is 47.8 cm³/mol. The molecule has 5 heteroatoms. The van der Waals surface area contributed by atoms with E-state index in [0.717, 1.165) is 11.4 Å². The summed E-state index contributed by atoms with van der Waals surface area (Å²) < 4.78 is 16.1. The molecule has 0 radical (unpaired) electrons. The van der Waals surface area contributed by atoms with Gasteiger partial charge >= 0.3 is 5.92 Å². The van der Waals surface area contributed by atoms with Crippen LogP contribution < -0.4 is 0 Å². The van der Waals surface area contributed by atoms with Crippen molar-refractivity contribution < 1.29 is 9.09 Å². The molecule has 0 aliphatic heterocycles. The van der Waals surface area contributed by atoms with Gasteiger partial charge in [0.1, 0.15) is 0 Å². The molecule has 0 aliphatic rings. The summed E-state index contributed by atoms with van der Waals surface area (Å²) in [5.41, 5.74) is 0. The van der Waals surface area contributed by atoms with Gasteiger partial charge in [0.2, 0.25) is 0 Å². The maximum atomic E-state index is 11.1. The Hall–Kier alpha value is 0.830. The van der Waals surface area contributed by atoms with Crippen molar-refractivity contribution in [3.8, 4) is 0 Å². The van der Waals surface area contributed by atoms with Crippen molar-refractivity contribution in [2.24, 2.45) is 0 Å². The largest absolute Gasteiger partial charge is 0.346 e. The minimum atomic E-state index is -2.86. The zero-order valence-corrected chi connectivity index (χ0v) is 8.80. The van der Waals surface area contributed by atoms with Crippen LogP contribution in [0.5, 0.6) is 0 Å². The highest BCUT2D eigenvalue weighted by Gasteiger charge is 2.20. The van der Waals surface area contributed by atoms with Crippen LogP contribution in [0.4, 0.5) is 0 Å². The van der Waals surface area contributed by atoms with Gasteiger partial charge in [0, 0.05) is 5.75 Å². The third kappa shape index (κ3) is 5.60. The molecule has 1 atom stereocenters. The molecule has 0 aliphatic carbocycles. The summed E-state index contributed by atoms with van der Waals surface area (Å²) in [4.78, 5) is 0. The van der Waals surface area contributed by atoms with Gasteiger partial charge in [0.05, 0.1) is 6.10 Å². The van der Waals surface area contributed by atoms with E-state index in [0.29, 0.717) is 5.75 Å². The van der Waals surface area contributed by atoms with Crippen LogP contribution >= 0.6 is 28.5 Å². The molecule has 62 valence electrons. The van der Waals surface area contributed by atoms with E-state index < -0.39 is 5.92 Å². The summed E-state index contributed by atoms with van der Waals surface area (Å²) >= 11 is 6.69. The molecule has 0 aromatic carbocycles. The Morgan fingerprint density at radius 1 is 1.70 bits per heavy atom. The molecule has 0 N–H and O–H groups in total. The van der Waals surface area contributed by atoms with Crippen molar-refractivity contribution in [3.63, 3.8) is 0 Å². The molecular formula is C5H12ClO2PS. The highest BCUT2D eigenvalue weighted by atomic mass is 35.7. The Morgan fingerprint density at radius 2 is 2.20 bits per heavy atom. The lowest BCUT2D eigenvalue weighted by molar-refractivity contribution is 0.260. The smallest absolute Gasteiger partial charge is 0.307 e. The Morgan fingerprint density at radius 3 is 2.50 bits per heavy atom. The second-order valence-electron chi connectivity index (χ2n) is 2.00. The lowest BCUT2D eigenvalue weighted by Crippen LogP contribution is -1.95. The Bertz CT molecular complexity index is 140. The molecule has 0 amide bonds.